The molecule has 3 rings (SSSR count). The molecule has 112 valence electrons. The van der Waals surface area contributed by atoms with Crippen molar-refractivity contribution >= 4 is 34.1 Å². The zero-order valence-corrected chi connectivity index (χ0v) is 13.0. The van der Waals surface area contributed by atoms with Crippen molar-refractivity contribution in [3.05, 3.63) is 59.2 Å². The van der Waals surface area contributed by atoms with Gasteiger partial charge in [-0.2, -0.15) is 5.10 Å². The lowest BCUT2D eigenvalue weighted by molar-refractivity contribution is -0.116. The molecule has 0 fully saturated rings. The predicted molar refractivity (Wildman–Crippen MR) is 89.2 cm³/mol. The fourth-order valence-corrected chi connectivity index (χ4v) is 2.45. The summed E-state index contributed by atoms with van der Waals surface area (Å²) in [6, 6.07) is 13.3. The van der Waals surface area contributed by atoms with Gasteiger partial charge in [0, 0.05) is 22.5 Å². The molecule has 0 bridgehead atoms. The number of halogens is 1. The fraction of sp³-hybridized carbons (Fsp3) is 0.176. The summed E-state index contributed by atoms with van der Waals surface area (Å²) in [4.78, 5) is 12.0. The van der Waals surface area contributed by atoms with E-state index >= 15 is 0 Å². The molecule has 1 amide bonds. The van der Waals surface area contributed by atoms with Crippen LogP contribution in [0.2, 0.25) is 5.02 Å². The quantitative estimate of drug-likeness (QED) is 0.790. The number of aromatic nitrogens is 2. The molecule has 3 aromatic rings. The molecular weight excluding hydrogens is 298 g/mol. The molecule has 1 heterocycles. The van der Waals surface area contributed by atoms with E-state index in [1.54, 1.807) is 24.3 Å². The summed E-state index contributed by atoms with van der Waals surface area (Å²) in [7, 11) is 0. The third-order valence-corrected chi connectivity index (χ3v) is 3.73. The number of carbonyl (C=O) groups is 1. The second kappa shape index (κ2) is 6.20. The van der Waals surface area contributed by atoms with Crippen molar-refractivity contribution < 1.29 is 4.79 Å². The average Bonchev–Trinajstić information content (AvgIpc) is 2.90. The summed E-state index contributed by atoms with van der Waals surface area (Å²) >= 11 is 5.82. The topological polar surface area (TPSA) is 46.9 Å². The number of nitrogens with zero attached hydrogens (tertiary/aromatic N) is 2. The van der Waals surface area contributed by atoms with Crippen LogP contribution < -0.4 is 5.32 Å². The van der Waals surface area contributed by atoms with Gasteiger partial charge in [0.1, 0.15) is 0 Å². The molecule has 0 spiro atoms. The number of rotatable bonds is 4. The van der Waals surface area contributed by atoms with E-state index in [0.29, 0.717) is 18.0 Å². The number of fused-ring (bicyclic) bond motifs is 1. The maximum Gasteiger partial charge on any atom is 0.226 e. The number of carbonyl (C=O) groups excluding carboxylic acids is 1. The van der Waals surface area contributed by atoms with Crippen LogP contribution in [0.4, 0.5) is 5.69 Å². The predicted octanol–water partition coefficient (Wildman–Crippen LogP) is 4.03. The number of hydrogen-bond acceptors (Lipinski definition) is 2. The van der Waals surface area contributed by atoms with E-state index in [-0.39, 0.29) is 5.91 Å². The highest BCUT2D eigenvalue weighted by molar-refractivity contribution is 6.30. The second-order valence-corrected chi connectivity index (χ2v) is 5.67. The number of amides is 1. The van der Waals surface area contributed by atoms with Gasteiger partial charge in [-0.3, -0.25) is 9.48 Å². The van der Waals surface area contributed by atoms with Crippen LogP contribution in [-0.2, 0) is 11.3 Å². The van der Waals surface area contributed by atoms with E-state index < -0.39 is 0 Å². The van der Waals surface area contributed by atoms with Crippen LogP contribution in [0, 0.1) is 6.92 Å². The first-order valence-electron chi connectivity index (χ1n) is 7.09. The molecule has 2 aromatic carbocycles. The Balaban J connectivity index is 1.64. The number of aryl methyl sites for hydroxylation is 2. The maximum atomic E-state index is 12.0. The number of benzene rings is 2. The van der Waals surface area contributed by atoms with Crippen molar-refractivity contribution in [1.29, 1.82) is 0 Å². The van der Waals surface area contributed by atoms with Gasteiger partial charge in [0.2, 0.25) is 5.91 Å². The minimum absolute atomic E-state index is 0.0429. The summed E-state index contributed by atoms with van der Waals surface area (Å²) in [5, 5.41) is 8.93. The Kier molecular flexibility index (Phi) is 4.11. The summed E-state index contributed by atoms with van der Waals surface area (Å²) in [6.45, 7) is 2.59. The van der Waals surface area contributed by atoms with Gasteiger partial charge < -0.3 is 5.32 Å². The standard InChI is InChI=1S/C17H16ClN3O/c1-12-2-3-13-11-19-21(16(13)10-12)9-8-17(22)20-15-6-4-14(18)5-7-15/h2-7,10-11H,8-9H2,1H3,(H,20,22). The molecule has 1 N–H and O–H groups in total. The van der Waals surface area contributed by atoms with E-state index in [9.17, 15) is 4.79 Å². The monoisotopic (exact) mass is 313 g/mol. The number of anilines is 1. The van der Waals surface area contributed by atoms with Crippen LogP contribution in [0.5, 0.6) is 0 Å². The second-order valence-electron chi connectivity index (χ2n) is 5.24. The largest absolute Gasteiger partial charge is 0.326 e. The number of hydrogen-bond donors (Lipinski definition) is 1. The lowest BCUT2D eigenvalue weighted by atomic mass is 10.2. The van der Waals surface area contributed by atoms with Crippen LogP contribution in [0.3, 0.4) is 0 Å². The third-order valence-electron chi connectivity index (χ3n) is 3.48. The van der Waals surface area contributed by atoms with Gasteiger partial charge in [0.15, 0.2) is 0 Å². The molecule has 0 unspecified atom stereocenters. The summed E-state index contributed by atoms with van der Waals surface area (Å²) in [5.41, 5.74) is 2.98. The highest BCUT2D eigenvalue weighted by Crippen LogP contribution is 2.16. The zero-order valence-electron chi connectivity index (χ0n) is 12.2. The molecule has 0 radical (unpaired) electrons. The molecular formula is C17H16ClN3O. The normalized spacial score (nSPS) is 10.8. The van der Waals surface area contributed by atoms with Crippen molar-refractivity contribution in [1.82, 2.24) is 9.78 Å². The van der Waals surface area contributed by atoms with Crippen molar-refractivity contribution in [2.45, 2.75) is 19.9 Å². The molecule has 5 heteroatoms. The molecule has 0 aliphatic carbocycles. The first-order chi connectivity index (χ1) is 10.6. The van der Waals surface area contributed by atoms with Crippen molar-refractivity contribution in [2.24, 2.45) is 0 Å². The van der Waals surface area contributed by atoms with Gasteiger partial charge >= 0.3 is 0 Å². The van der Waals surface area contributed by atoms with Crippen molar-refractivity contribution in [3.63, 3.8) is 0 Å². The van der Waals surface area contributed by atoms with Gasteiger partial charge in [-0.25, -0.2) is 0 Å². The zero-order chi connectivity index (χ0) is 15.5. The Hall–Kier alpha value is -2.33. The molecule has 0 atom stereocenters. The molecule has 1 aromatic heterocycles. The third kappa shape index (κ3) is 3.28. The fourth-order valence-electron chi connectivity index (χ4n) is 2.32. The van der Waals surface area contributed by atoms with Gasteiger partial charge in [0.05, 0.1) is 18.3 Å². The van der Waals surface area contributed by atoms with Crippen LogP contribution in [-0.4, -0.2) is 15.7 Å². The summed E-state index contributed by atoms with van der Waals surface area (Å²) in [5.74, 6) is -0.0429. The smallest absolute Gasteiger partial charge is 0.226 e. The minimum atomic E-state index is -0.0429. The maximum absolute atomic E-state index is 12.0. The van der Waals surface area contributed by atoms with Gasteiger partial charge in [-0.05, 0) is 42.8 Å². The van der Waals surface area contributed by atoms with Gasteiger partial charge in [-0.1, -0.05) is 23.7 Å². The Labute approximate surface area is 133 Å². The highest BCUT2D eigenvalue weighted by atomic mass is 35.5. The molecule has 0 saturated carbocycles. The molecule has 0 saturated heterocycles. The molecule has 4 nitrogen and oxygen atoms in total. The minimum Gasteiger partial charge on any atom is -0.326 e. The lowest BCUT2D eigenvalue weighted by Gasteiger charge is -2.06. The van der Waals surface area contributed by atoms with Gasteiger partial charge in [-0.15, -0.1) is 0 Å². The van der Waals surface area contributed by atoms with Crippen LogP contribution >= 0.6 is 11.6 Å². The first kappa shape index (κ1) is 14.6. The number of nitrogens with one attached hydrogen (secondary N) is 1. The van der Waals surface area contributed by atoms with E-state index in [2.05, 4.69) is 22.5 Å². The van der Waals surface area contributed by atoms with Crippen LogP contribution in [0.15, 0.2) is 48.7 Å². The Morgan fingerprint density at radius 3 is 2.77 bits per heavy atom. The molecule has 22 heavy (non-hydrogen) atoms. The van der Waals surface area contributed by atoms with E-state index in [4.69, 9.17) is 11.6 Å². The lowest BCUT2D eigenvalue weighted by Crippen LogP contribution is -2.14. The van der Waals surface area contributed by atoms with E-state index in [1.807, 2.05) is 23.9 Å². The van der Waals surface area contributed by atoms with Crippen LogP contribution in [0.25, 0.3) is 10.9 Å². The SMILES string of the molecule is Cc1ccc2cnn(CCC(=O)Nc3ccc(Cl)cc3)c2c1. The Morgan fingerprint density at radius 2 is 2.00 bits per heavy atom. The van der Waals surface area contributed by atoms with Gasteiger partial charge in [0.25, 0.3) is 0 Å². The highest BCUT2D eigenvalue weighted by Gasteiger charge is 2.06. The molecule has 0 aliphatic heterocycles. The van der Waals surface area contributed by atoms with Crippen molar-refractivity contribution in [2.75, 3.05) is 5.32 Å². The van der Waals surface area contributed by atoms with Crippen molar-refractivity contribution in [3.8, 4) is 0 Å². The van der Waals surface area contributed by atoms with E-state index in [1.165, 1.54) is 5.56 Å². The molecule has 0 aliphatic rings. The average molecular weight is 314 g/mol. The van der Waals surface area contributed by atoms with Crippen LogP contribution in [0.1, 0.15) is 12.0 Å². The summed E-state index contributed by atoms with van der Waals surface area (Å²) < 4.78 is 1.86. The Morgan fingerprint density at radius 1 is 1.23 bits per heavy atom. The summed E-state index contributed by atoms with van der Waals surface area (Å²) in [6.07, 6.45) is 2.19. The first-order valence-corrected chi connectivity index (χ1v) is 7.47. The Bertz CT molecular complexity index is 808. The van der Waals surface area contributed by atoms with E-state index in [0.717, 1.165) is 16.6 Å².